The lowest BCUT2D eigenvalue weighted by molar-refractivity contribution is 0.416. The molecule has 0 amide bonds. The van der Waals surface area contributed by atoms with E-state index in [4.69, 9.17) is 10.5 Å². The molecule has 0 aliphatic carbocycles. The van der Waals surface area contributed by atoms with E-state index in [9.17, 15) is 0 Å². The van der Waals surface area contributed by atoms with E-state index in [1.165, 1.54) is 0 Å². The van der Waals surface area contributed by atoms with Gasteiger partial charge in [-0.25, -0.2) is 9.97 Å². The van der Waals surface area contributed by atoms with Crippen molar-refractivity contribution in [2.75, 3.05) is 18.2 Å². The smallest absolute Gasteiger partial charge is 0.142 e. The van der Waals surface area contributed by atoms with Gasteiger partial charge in [0, 0.05) is 16.5 Å². The molecule has 5 nitrogen and oxygen atoms in total. The Kier molecular flexibility index (Phi) is 5.01. The lowest BCUT2D eigenvalue weighted by Gasteiger charge is -2.14. The van der Waals surface area contributed by atoms with E-state index in [1.807, 2.05) is 25.1 Å². The Balaban J connectivity index is 2.41. The average molecular weight is 351 g/mol. The highest BCUT2D eigenvalue weighted by atomic mass is 79.9. The third kappa shape index (κ3) is 3.64. The SMILES string of the molecule is CCCc1nc(N)c(C)c(Nc2cc(Br)ccc2OC)n1. The van der Waals surface area contributed by atoms with Crippen LogP contribution in [-0.2, 0) is 6.42 Å². The van der Waals surface area contributed by atoms with Gasteiger partial charge in [-0.2, -0.15) is 0 Å². The average Bonchev–Trinajstić information content (AvgIpc) is 2.45. The summed E-state index contributed by atoms with van der Waals surface area (Å²) in [5, 5.41) is 3.29. The molecule has 0 saturated heterocycles. The Morgan fingerprint density at radius 1 is 1.33 bits per heavy atom. The summed E-state index contributed by atoms with van der Waals surface area (Å²) in [7, 11) is 1.64. The summed E-state index contributed by atoms with van der Waals surface area (Å²) in [6.45, 7) is 3.99. The summed E-state index contributed by atoms with van der Waals surface area (Å²) >= 11 is 3.46. The zero-order valence-corrected chi connectivity index (χ0v) is 14.0. The van der Waals surface area contributed by atoms with Crippen LogP contribution in [0.4, 0.5) is 17.3 Å². The Morgan fingerprint density at radius 3 is 2.76 bits per heavy atom. The fraction of sp³-hybridized carbons (Fsp3) is 0.333. The van der Waals surface area contributed by atoms with E-state index in [-0.39, 0.29) is 0 Å². The first-order valence-electron chi connectivity index (χ1n) is 6.78. The Hall–Kier alpha value is -1.82. The molecule has 0 fully saturated rings. The first-order chi connectivity index (χ1) is 10.0. The maximum Gasteiger partial charge on any atom is 0.142 e. The van der Waals surface area contributed by atoms with Crippen LogP contribution in [0, 0.1) is 6.92 Å². The van der Waals surface area contributed by atoms with Gasteiger partial charge in [0.1, 0.15) is 23.2 Å². The minimum absolute atomic E-state index is 0.505. The van der Waals surface area contributed by atoms with Crippen molar-refractivity contribution in [3.05, 3.63) is 34.1 Å². The van der Waals surface area contributed by atoms with Crippen LogP contribution >= 0.6 is 15.9 Å². The van der Waals surface area contributed by atoms with Gasteiger partial charge < -0.3 is 15.8 Å². The van der Waals surface area contributed by atoms with Gasteiger partial charge in [0.2, 0.25) is 0 Å². The van der Waals surface area contributed by atoms with Crippen molar-refractivity contribution in [3.8, 4) is 5.75 Å². The number of ether oxygens (including phenoxy) is 1. The topological polar surface area (TPSA) is 73.1 Å². The molecule has 0 bridgehead atoms. The van der Waals surface area contributed by atoms with Crippen molar-refractivity contribution in [2.24, 2.45) is 0 Å². The summed E-state index contributed by atoms with van der Waals surface area (Å²) in [6, 6.07) is 5.75. The van der Waals surface area contributed by atoms with Crippen LogP contribution in [0.2, 0.25) is 0 Å². The van der Waals surface area contributed by atoms with Gasteiger partial charge in [-0.3, -0.25) is 0 Å². The number of nitrogens with two attached hydrogens (primary N) is 1. The van der Waals surface area contributed by atoms with Crippen molar-refractivity contribution in [1.29, 1.82) is 0 Å². The molecule has 2 aromatic rings. The minimum Gasteiger partial charge on any atom is -0.495 e. The monoisotopic (exact) mass is 350 g/mol. The van der Waals surface area contributed by atoms with Crippen LogP contribution < -0.4 is 15.8 Å². The molecule has 1 aromatic carbocycles. The number of anilines is 3. The quantitative estimate of drug-likeness (QED) is 0.856. The van der Waals surface area contributed by atoms with Crippen molar-refractivity contribution >= 4 is 33.3 Å². The summed E-state index contributed by atoms with van der Waals surface area (Å²) < 4.78 is 6.32. The fourth-order valence-corrected chi connectivity index (χ4v) is 2.31. The summed E-state index contributed by atoms with van der Waals surface area (Å²) in [4.78, 5) is 8.86. The third-order valence-electron chi connectivity index (χ3n) is 3.12. The molecule has 0 saturated carbocycles. The molecule has 0 aliphatic rings. The van der Waals surface area contributed by atoms with E-state index in [0.29, 0.717) is 11.6 Å². The number of hydrogen-bond donors (Lipinski definition) is 2. The largest absolute Gasteiger partial charge is 0.495 e. The highest BCUT2D eigenvalue weighted by molar-refractivity contribution is 9.10. The molecule has 1 heterocycles. The Morgan fingerprint density at radius 2 is 2.10 bits per heavy atom. The summed E-state index contributed by atoms with van der Waals surface area (Å²) in [5.74, 6) is 2.70. The molecule has 2 rings (SSSR count). The maximum absolute atomic E-state index is 5.97. The second-order valence-electron chi connectivity index (χ2n) is 4.72. The number of benzene rings is 1. The van der Waals surface area contributed by atoms with E-state index in [0.717, 1.165) is 40.1 Å². The van der Waals surface area contributed by atoms with E-state index in [2.05, 4.69) is 38.1 Å². The molecule has 0 unspecified atom stereocenters. The van der Waals surface area contributed by atoms with Gasteiger partial charge in [0.15, 0.2) is 0 Å². The lowest BCUT2D eigenvalue weighted by atomic mass is 10.2. The fourth-order valence-electron chi connectivity index (χ4n) is 1.94. The number of halogens is 1. The molecule has 21 heavy (non-hydrogen) atoms. The van der Waals surface area contributed by atoms with Gasteiger partial charge in [0.05, 0.1) is 12.8 Å². The number of nitrogens with zero attached hydrogens (tertiary/aromatic N) is 2. The normalized spacial score (nSPS) is 10.5. The molecule has 3 N–H and O–H groups in total. The Bertz CT molecular complexity index is 646. The summed E-state index contributed by atoms with van der Waals surface area (Å²) in [5.41, 5.74) is 7.63. The van der Waals surface area contributed by atoms with E-state index < -0.39 is 0 Å². The second-order valence-corrected chi connectivity index (χ2v) is 5.63. The molecule has 0 radical (unpaired) electrons. The van der Waals surface area contributed by atoms with Crippen LogP contribution in [0.5, 0.6) is 5.75 Å². The molecule has 0 spiro atoms. The second kappa shape index (κ2) is 6.76. The lowest BCUT2D eigenvalue weighted by Crippen LogP contribution is -2.07. The zero-order valence-electron chi connectivity index (χ0n) is 12.4. The molecule has 0 atom stereocenters. The van der Waals surface area contributed by atoms with Crippen LogP contribution in [0.1, 0.15) is 24.7 Å². The van der Waals surface area contributed by atoms with Crippen molar-refractivity contribution in [2.45, 2.75) is 26.7 Å². The number of aromatic nitrogens is 2. The molecule has 6 heteroatoms. The van der Waals surface area contributed by atoms with Gasteiger partial charge in [0.25, 0.3) is 0 Å². The van der Waals surface area contributed by atoms with Gasteiger partial charge >= 0.3 is 0 Å². The molecular formula is C15H19BrN4O. The third-order valence-corrected chi connectivity index (χ3v) is 3.61. The van der Waals surface area contributed by atoms with Gasteiger partial charge in [-0.05, 0) is 31.5 Å². The predicted octanol–water partition coefficient (Wildman–Crippen LogP) is 3.83. The van der Waals surface area contributed by atoms with Gasteiger partial charge in [-0.1, -0.05) is 22.9 Å². The predicted molar refractivity (Wildman–Crippen MR) is 89.2 cm³/mol. The Labute approximate surface area is 133 Å². The number of hydrogen-bond acceptors (Lipinski definition) is 5. The molecule has 112 valence electrons. The summed E-state index contributed by atoms with van der Waals surface area (Å²) in [6.07, 6.45) is 1.77. The molecule has 0 aliphatic heterocycles. The van der Waals surface area contributed by atoms with E-state index >= 15 is 0 Å². The molecular weight excluding hydrogens is 332 g/mol. The van der Waals surface area contributed by atoms with Crippen molar-refractivity contribution in [3.63, 3.8) is 0 Å². The number of aryl methyl sites for hydroxylation is 1. The van der Waals surface area contributed by atoms with Crippen LogP contribution in [0.25, 0.3) is 0 Å². The number of rotatable bonds is 5. The van der Waals surface area contributed by atoms with Crippen LogP contribution in [0.15, 0.2) is 22.7 Å². The van der Waals surface area contributed by atoms with Crippen LogP contribution in [-0.4, -0.2) is 17.1 Å². The minimum atomic E-state index is 0.505. The number of nitrogens with one attached hydrogen (secondary N) is 1. The number of methoxy groups -OCH3 is 1. The van der Waals surface area contributed by atoms with Crippen molar-refractivity contribution in [1.82, 2.24) is 9.97 Å². The van der Waals surface area contributed by atoms with Crippen LogP contribution in [0.3, 0.4) is 0 Å². The van der Waals surface area contributed by atoms with Crippen molar-refractivity contribution < 1.29 is 4.74 Å². The van der Waals surface area contributed by atoms with Gasteiger partial charge in [-0.15, -0.1) is 0 Å². The first kappa shape index (κ1) is 15.6. The standard InChI is InChI=1S/C15H19BrN4O/c1-4-5-13-19-14(17)9(2)15(20-13)18-11-8-10(16)6-7-12(11)21-3/h6-8H,4-5H2,1-3H3,(H3,17,18,19,20). The highest BCUT2D eigenvalue weighted by Gasteiger charge is 2.11. The highest BCUT2D eigenvalue weighted by Crippen LogP contribution is 2.31. The van der Waals surface area contributed by atoms with E-state index in [1.54, 1.807) is 7.11 Å². The zero-order chi connectivity index (χ0) is 15.4. The first-order valence-corrected chi connectivity index (χ1v) is 7.58. The maximum atomic E-state index is 5.97. The number of nitrogen functional groups attached to an aromatic ring is 1. The molecule has 1 aromatic heterocycles.